The minimum absolute atomic E-state index is 0.0148. The summed E-state index contributed by atoms with van der Waals surface area (Å²) < 4.78 is 38.2. The van der Waals surface area contributed by atoms with E-state index in [1.54, 1.807) is 6.92 Å². The van der Waals surface area contributed by atoms with Gasteiger partial charge < -0.3 is 9.26 Å². The lowest BCUT2D eigenvalue weighted by molar-refractivity contribution is 0.101. The van der Waals surface area contributed by atoms with Crippen LogP contribution < -0.4 is 10.1 Å². The number of nitrogens with one attached hydrogen (secondary N) is 1. The first-order chi connectivity index (χ1) is 13.9. The van der Waals surface area contributed by atoms with Crippen molar-refractivity contribution < 1.29 is 22.8 Å². The van der Waals surface area contributed by atoms with Crippen molar-refractivity contribution in [1.82, 2.24) is 10.1 Å². The quantitative estimate of drug-likeness (QED) is 0.496. The van der Waals surface area contributed by atoms with E-state index in [1.807, 2.05) is 25.1 Å². The average molecular weight is 415 g/mol. The molecule has 0 atom stereocenters. The number of para-hydroxylation sites is 1. The van der Waals surface area contributed by atoms with E-state index in [1.165, 1.54) is 17.4 Å². The Kier molecular flexibility index (Phi) is 4.98. The van der Waals surface area contributed by atoms with Gasteiger partial charge in [-0.15, -0.1) is 0 Å². The van der Waals surface area contributed by atoms with Gasteiger partial charge in [-0.25, -0.2) is 13.8 Å². The standard InChI is InChI=1S/C20H15F2N3O3S/c1-10-4-3-5-16-17(10)23-20(29-16)24-19(26)18-13(11(2)28-25-18)9-27-15-7-6-12(21)8-14(15)22/h3-8H,9H2,1-2H3,(H,23,24,26). The molecule has 0 radical (unpaired) electrons. The Morgan fingerprint density at radius 2 is 2.07 bits per heavy atom. The summed E-state index contributed by atoms with van der Waals surface area (Å²) in [5.41, 5.74) is 2.20. The number of fused-ring (bicyclic) bond motifs is 1. The monoisotopic (exact) mass is 415 g/mol. The molecule has 9 heteroatoms. The van der Waals surface area contributed by atoms with Crippen molar-refractivity contribution >= 4 is 32.6 Å². The highest BCUT2D eigenvalue weighted by Gasteiger charge is 2.22. The van der Waals surface area contributed by atoms with Crippen molar-refractivity contribution in [1.29, 1.82) is 0 Å². The number of hydrogen-bond donors (Lipinski definition) is 1. The fraction of sp³-hybridized carbons (Fsp3) is 0.150. The van der Waals surface area contributed by atoms with Gasteiger partial charge in [-0.3, -0.25) is 10.1 Å². The highest BCUT2D eigenvalue weighted by atomic mass is 32.1. The van der Waals surface area contributed by atoms with Crippen molar-refractivity contribution in [2.24, 2.45) is 0 Å². The van der Waals surface area contributed by atoms with Crippen LogP contribution in [0.5, 0.6) is 5.75 Å². The molecule has 0 aliphatic heterocycles. The Labute approximate surface area is 168 Å². The van der Waals surface area contributed by atoms with E-state index in [9.17, 15) is 13.6 Å². The first-order valence-electron chi connectivity index (χ1n) is 8.63. The van der Waals surface area contributed by atoms with Crippen LogP contribution in [0.15, 0.2) is 40.9 Å². The van der Waals surface area contributed by atoms with Gasteiger partial charge in [0.25, 0.3) is 5.91 Å². The molecule has 4 rings (SSSR count). The number of amides is 1. The number of ether oxygens (including phenoxy) is 1. The topological polar surface area (TPSA) is 77.3 Å². The fourth-order valence-electron chi connectivity index (χ4n) is 2.78. The van der Waals surface area contributed by atoms with Gasteiger partial charge in [0.05, 0.1) is 15.8 Å². The van der Waals surface area contributed by atoms with Crippen LogP contribution in [0.1, 0.15) is 27.4 Å². The minimum atomic E-state index is -0.838. The van der Waals surface area contributed by atoms with Crippen LogP contribution in [-0.2, 0) is 6.61 Å². The van der Waals surface area contributed by atoms with Gasteiger partial charge >= 0.3 is 0 Å². The fourth-order valence-corrected chi connectivity index (χ4v) is 3.72. The Bertz CT molecular complexity index is 1220. The summed E-state index contributed by atoms with van der Waals surface area (Å²) in [7, 11) is 0. The second kappa shape index (κ2) is 7.59. The molecule has 0 aliphatic carbocycles. The molecule has 29 heavy (non-hydrogen) atoms. The number of nitrogens with zero attached hydrogens (tertiary/aromatic N) is 2. The van der Waals surface area contributed by atoms with Gasteiger partial charge in [-0.1, -0.05) is 28.6 Å². The Morgan fingerprint density at radius 1 is 1.24 bits per heavy atom. The summed E-state index contributed by atoms with van der Waals surface area (Å²) in [5.74, 6) is -1.84. The van der Waals surface area contributed by atoms with Gasteiger partial charge in [0, 0.05) is 6.07 Å². The smallest absolute Gasteiger partial charge is 0.280 e. The number of carbonyl (C=O) groups excluding carboxylic acids is 1. The summed E-state index contributed by atoms with van der Waals surface area (Å²) in [6.45, 7) is 3.39. The van der Waals surface area contributed by atoms with Crippen LogP contribution >= 0.6 is 11.3 Å². The van der Waals surface area contributed by atoms with E-state index in [-0.39, 0.29) is 18.1 Å². The molecule has 1 amide bonds. The molecule has 6 nitrogen and oxygen atoms in total. The molecule has 2 aromatic heterocycles. The zero-order valence-electron chi connectivity index (χ0n) is 15.5. The largest absolute Gasteiger partial charge is 0.486 e. The minimum Gasteiger partial charge on any atom is -0.486 e. The molecular weight excluding hydrogens is 400 g/mol. The van der Waals surface area contributed by atoms with E-state index in [0.29, 0.717) is 16.5 Å². The van der Waals surface area contributed by atoms with Crippen LogP contribution in [0.25, 0.3) is 10.2 Å². The first-order valence-corrected chi connectivity index (χ1v) is 9.44. The van der Waals surface area contributed by atoms with E-state index in [2.05, 4.69) is 15.5 Å². The maximum absolute atomic E-state index is 13.8. The molecule has 0 saturated heterocycles. The lowest BCUT2D eigenvalue weighted by Gasteiger charge is -2.07. The first kappa shape index (κ1) is 19.0. The van der Waals surface area contributed by atoms with Crippen LogP contribution in [0.2, 0.25) is 0 Å². The number of halogens is 2. The Hall–Kier alpha value is -3.33. The van der Waals surface area contributed by atoms with Crippen LogP contribution in [0.3, 0.4) is 0 Å². The van der Waals surface area contributed by atoms with Crippen LogP contribution in [0, 0.1) is 25.5 Å². The third kappa shape index (κ3) is 3.81. The van der Waals surface area contributed by atoms with Crippen molar-refractivity contribution in [3.8, 4) is 5.75 Å². The molecule has 2 heterocycles. The number of carbonyl (C=O) groups is 1. The predicted octanol–water partition coefficient (Wildman–Crippen LogP) is 5.01. The van der Waals surface area contributed by atoms with Gasteiger partial charge in [-0.05, 0) is 37.6 Å². The maximum Gasteiger partial charge on any atom is 0.280 e. The molecule has 0 fully saturated rings. The van der Waals surface area contributed by atoms with Crippen molar-refractivity contribution in [2.75, 3.05) is 5.32 Å². The van der Waals surface area contributed by atoms with E-state index < -0.39 is 17.5 Å². The molecule has 0 unspecified atom stereocenters. The second-order valence-corrected chi connectivity index (χ2v) is 7.35. The maximum atomic E-state index is 13.8. The summed E-state index contributed by atoms with van der Waals surface area (Å²) in [6, 6.07) is 8.77. The lowest BCUT2D eigenvalue weighted by Crippen LogP contribution is -2.15. The number of rotatable bonds is 5. The van der Waals surface area contributed by atoms with Gasteiger partial charge in [0.15, 0.2) is 22.4 Å². The second-order valence-electron chi connectivity index (χ2n) is 6.32. The predicted molar refractivity (Wildman–Crippen MR) is 104 cm³/mol. The molecular formula is C20H15F2N3O3S. The summed E-state index contributed by atoms with van der Waals surface area (Å²) in [6.07, 6.45) is 0. The van der Waals surface area contributed by atoms with Gasteiger partial charge in [-0.2, -0.15) is 0 Å². The molecule has 0 spiro atoms. The number of anilines is 1. The van der Waals surface area contributed by atoms with Gasteiger partial charge in [0.1, 0.15) is 18.2 Å². The summed E-state index contributed by atoms with van der Waals surface area (Å²) >= 11 is 1.34. The molecule has 4 aromatic rings. The number of aromatic nitrogens is 2. The molecule has 0 saturated carbocycles. The SMILES string of the molecule is Cc1onc(C(=O)Nc2nc3c(C)cccc3s2)c1COc1ccc(F)cc1F. The zero-order valence-corrected chi connectivity index (χ0v) is 16.3. The summed E-state index contributed by atoms with van der Waals surface area (Å²) in [4.78, 5) is 17.1. The molecule has 2 aromatic carbocycles. The number of benzene rings is 2. The number of thiazole rings is 1. The van der Waals surface area contributed by atoms with E-state index >= 15 is 0 Å². The highest BCUT2D eigenvalue weighted by molar-refractivity contribution is 7.22. The third-order valence-corrected chi connectivity index (χ3v) is 5.24. The zero-order chi connectivity index (χ0) is 20.5. The Balaban J connectivity index is 1.54. The van der Waals surface area contributed by atoms with Crippen molar-refractivity contribution in [3.63, 3.8) is 0 Å². The van der Waals surface area contributed by atoms with E-state index in [4.69, 9.17) is 9.26 Å². The van der Waals surface area contributed by atoms with E-state index in [0.717, 1.165) is 27.9 Å². The summed E-state index contributed by atoms with van der Waals surface area (Å²) in [5, 5.41) is 6.93. The third-order valence-electron chi connectivity index (χ3n) is 4.31. The molecule has 0 aliphatic rings. The van der Waals surface area contributed by atoms with Crippen molar-refractivity contribution in [3.05, 3.63) is 70.6 Å². The van der Waals surface area contributed by atoms with Crippen molar-refractivity contribution in [2.45, 2.75) is 20.5 Å². The van der Waals surface area contributed by atoms with Crippen LogP contribution in [0.4, 0.5) is 13.9 Å². The molecule has 1 N–H and O–H groups in total. The Morgan fingerprint density at radius 3 is 2.83 bits per heavy atom. The number of aryl methyl sites for hydroxylation is 2. The highest BCUT2D eigenvalue weighted by Crippen LogP contribution is 2.28. The van der Waals surface area contributed by atoms with Gasteiger partial charge in [0.2, 0.25) is 0 Å². The average Bonchev–Trinajstić information content (AvgIpc) is 3.25. The van der Waals surface area contributed by atoms with Crippen LogP contribution in [-0.4, -0.2) is 16.0 Å². The molecule has 0 bridgehead atoms. The normalized spacial score (nSPS) is 11.0. The molecule has 148 valence electrons. The lowest BCUT2D eigenvalue weighted by atomic mass is 10.2. The number of hydrogen-bond acceptors (Lipinski definition) is 6.